The van der Waals surface area contributed by atoms with Gasteiger partial charge in [0.05, 0.1) is 12.0 Å². The van der Waals surface area contributed by atoms with E-state index in [2.05, 4.69) is 53.1 Å². The molecule has 3 nitrogen and oxygen atoms in total. The zero-order chi connectivity index (χ0) is 16.8. The topological polar surface area (TPSA) is 30.7 Å². The van der Waals surface area contributed by atoms with Crippen LogP contribution in [-0.4, -0.2) is 26.0 Å². The van der Waals surface area contributed by atoms with Gasteiger partial charge < -0.3 is 4.57 Å². The second-order valence-corrected chi connectivity index (χ2v) is 7.20. The predicted octanol–water partition coefficient (Wildman–Crippen LogP) is 4.48. The van der Waals surface area contributed by atoms with Crippen LogP contribution in [0.15, 0.2) is 61.1 Å². The van der Waals surface area contributed by atoms with E-state index in [0.29, 0.717) is 5.25 Å². The average molecular weight is 337 g/mol. The molecule has 0 radical (unpaired) electrons. The van der Waals surface area contributed by atoms with E-state index >= 15 is 0 Å². The summed E-state index contributed by atoms with van der Waals surface area (Å²) in [6, 6.07) is 16.6. The number of thioether (sulfide) groups is 1. The van der Waals surface area contributed by atoms with Crippen LogP contribution < -0.4 is 0 Å². The van der Waals surface area contributed by atoms with Crippen LogP contribution in [-0.2, 0) is 19.4 Å². The molecule has 24 heavy (non-hydrogen) atoms. The Bertz CT molecular complexity index is 753. The third-order valence-electron chi connectivity index (χ3n) is 4.21. The highest BCUT2D eigenvalue weighted by atomic mass is 32.2. The number of benzene rings is 1. The number of imidazole rings is 1. The van der Waals surface area contributed by atoms with Crippen molar-refractivity contribution in [3.8, 4) is 11.3 Å². The molecule has 0 saturated heterocycles. The van der Waals surface area contributed by atoms with Crippen molar-refractivity contribution in [1.29, 1.82) is 0 Å². The number of pyridine rings is 1. The minimum absolute atomic E-state index is 0.567. The Kier molecular flexibility index (Phi) is 5.70. The van der Waals surface area contributed by atoms with Gasteiger partial charge in [0.25, 0.3) is 0 Å². The minimum Gasteiger partial charge on any atom is -0.334 e. The fraction of sp³-hybridized carbons (Fsp3) is 0.300. The summed E-state index contributed by atoms with van der Waals surface area (Å²) in [6.45, 7) is 3.18. The Morgan fingerprint density at radius 1 is 1.04 bits per heavy atom. The summed E-state index contributed by atoms with van der Waals surface area (Å²) in [5.41, 5.74) is 4.74. The SMILES string of the molecule is CS[C@@H](C)Cc1c(-c2ccccc2)ncn1CCc1ccccn1. The lowest BCUT2D eigenvalue weighted by molar-refractivity contribution is 0.648. The number of aromatic nitrogens is 3. The van der Waals surface area contributed by atoms with Crippen molar-refractivity contribution in [1.82, 2.24) is 14.5 Å². The molecule has 0 aliphatic rings. The Hall–Kier alpha value is -2.07. The van der Waals surface area contributed by atoms with E-state index in [1.165, 1.54) is 11.3 Å². The van der Waals surface area contributed by atoms with E-state index in [9.17, 15) is 0 Å². The van der Waals surface area contributed by atoms with E-state index in [0.717, 1.165) is 30.8 Å². The Morgan fingerprint density at radius 2 is 1.83 bits per heavy atom. The summed E-state index contributed by atoms with van der Waals surface area (Å²) in [6.07, 6.45) is 7.95. The molecule has 3 rings (SSSR count). The quantitative estimate of drug-likeness (QED) is 0.637. The molecule has 3 aromatic rings. The molecule has 1 atom stereocenters. The summed E-state index contributed by atoms with van der Waals surface area (Å²) in [7, 11) is 0. The van der Waals surface area contributed by atoms with Crippen molar-refractivity contribution in [2.75, 3.05) is 6.26 Å². The summed E-state index contributed by atoms with van der Waals surface area (Å²) in [5.74, 6) is 0. The van der Waals surface area contributed by atoms with Gasteiger partial charge in [-0.3, -0.25) is 4.98 Å². The van der Waals surface area contributed by atoms with Crippen LogP contribution in [0.4, 0.5) is 0 Å². The lowest BCUT2D eigenvalue weighted by Gasteiger charge is -2.13. The number of nitrogens with zero attached hydrogens (tertiary/aromatic N) is 3. The lowest BCUT2D eigenvalue weighted by atomic mass is 10.1. The number of rotatable bonds is 7. The van der Waals surface area contributed by atoms with Gasteiger partial charge in [-0.05, 0) is 18.4 Å². The Labute approximate surface area is 148 Å². The zero-order valence-electron chi connectivity index (χ0n) is 14.2. The zero-order valence-corrected chi connectivity index (χ0v) is 15.0. The fourth-order valence-electron chi connectivity index (χ4n) is 2.79. The first-order valence-electron chi connectivity index (χ1n) is 8.30. The molecule has 124 valence electrons. The van der Waals surface area contributed by atoms with Crippen LogP contribution >= 0.6 is 11.8 Å². The first-order valence-corrected chi connectivity index (χ1v) is 9.59. The molecule has 0 fully saturated rings. The smallest absolute Gasteiger partial charge is 0.0956 e. The van der Waals surface area contributed by atoms with Gasteiger partial charge >= 0.3 is 0 Å². The highest BCUT2D eigenvalue weighted by molar-refractivity contribution is 7.99. The van der Waals surface area contributed by atoms with Crippen LogP contribution in [0.1, 0.15) is 18.3 Å². The van der Waals surface area contributed by atoms with Gasteiger partial charge in [-0.2, -0.15) is 11.8 Å². The van der Waals surface area contributed by atoms with Crippen molar-refractivity contribution in [2.24, 2.45) is 0 Å². The molecule has 2 heterocycles. The molecule has 0 N–H and O–H groups in total. The second-order valence-electron chi connectivity index (χ2n) is 5.92. The molecule has 0 aliphatic heterocycles. The monoisotopic (exact) mass is 337 g/mol. The maximum atomic E-state index is 4.72. The largest absolute Gasteiger partial charge is 0.334 e. The average Bonchev–Trinajstić information content (AvgIpc) is 3.04. The van der Waals surface area contributed by atoms with Gasteiger partial charge in [0.2, 0.25) is 0 Å². The van der Waals surface area contributed by atoms with Gasteiger partial charge in [0.1, 0.15) is 0 Å². The molecule has 2 aromatic heterocycles. The van der Waals surface area contributed by atoms with Crippen molar-refractivity contribution in [2.45, 2.75) is 31.6 Å². The predicted molar refractivity (Wildman–Crippen MR) is 102 cm³/mol. The molecule has 0 saturated carbocycles. The van der Waals surface area contributed by atoms with Crippen LogP contribution in [0.5, 0.6) is 0 Å². The fourth-order valence-corrected chi connectivity index (χ4v) is 3.11. The summed E-state index contributed by atoms with van der Waals surface area (Å²) >= 11 is 1.90. The molecule has 0 aliphatic carbocycles. The third-order valence-corrected chi connectivity index (χ3v) is 5.18. The highest BCUT2D eigenvalue weighted by Crippen LogP contribution is 2.25. The van der Waals surface area contributed by atoms with E-state index in [1.807, 2.05) is 42.5 Å². The molecule has 0 amide bonds. The van der Waals surface area contributed by atoms with Crippen LogP contribution in [0, 0.1) is 0 Å². The molecule has 1 aromatic carbocycles. The Morgan fingerprint density at radius 3 is 2.54 bits per heavy atom. The van der Waals surface area contributed by atoms with Crippen molar-refractivity contribution < 1.29 is 0 Å². The van der Waals surface area contributed by atoms with E-state index < -0.39 is 0 Å². The van der Waals surface area contributed by atoms with Crippen LogP contribution in [0.3, 0.4) is 0 Å². The molecule has 0 unspecified atom stereocenters. The van der Waals surface area contributed by atoms with Gasteiger partial charge in [-0.25, -0.2) is 4.98 Å². The lowest BCUT2D eigenvalue weighted by Crippen LogP contribution is -2.10. The normalized spacial score (nSPS) is 12.2. The summed E-state index contributed by atoms with van der Waals surface area (Å²) in [5, 5.41) is 0.567. The van der Waals surface area contributed by atoms with Gasteiger partial charge in [-0.1, -0.05) is 43.3 Å². The highest BCUT2D eigenvalue weighted by Gasteiger charge is 2.15. The van der Waals surface area contributed by atoms with Crippen molar-refractivity contribution >= 4 is 11.8 Å². The van der Waals surface area contributed by atoms with Crippen molar-refractivity contribution in [3.63, 3.8) is 0 Å². The van der Waals surface area contributed by atoms with Gasteiger partial charge in [0, 0.05) is 47.8 Å². The maximum absolute atomic E-state index is 4.72. The van der Waals surface area contributed by atoms with E-state index in [-0.39, 0.29) is 0 Å². The van der Waals surface area contributed by atoms with E-state index in [1.54, 1.807) is 0 Å². The standard InChI is InChI=1S/C20H23N3S/c1-16(24-2)14-19-20(17-8-4-3-5-9-17)22-15-23(19)13-11-18-10-6-7-12-21-18/h3-10,12,15-16H,11,13-14H2,1-2H3/t16-/m0/s1. The number of aryl methyl sites for hydroxylation is 2. The molecular formula is C20H23N3S. The third kappa shape index (κ3) is 4.06. The number of hydrogen-bond acceptors (Lipinski definition) is 3. The first kappa shape index (κ1) is 16.8. The van der Waals surface area contributed by atoms with Crippen LogP contribution in [0.25, 0.3) is 11.3 Å². The summed E-state index contributed by atoms with van der Waals surface area (Å²) in [4.78, 5) is 9.15. The van der Waals surface area contributed by atoms with Crippen LogP contribution in [0.2, 0.25) is 0 Å². The van der Waals surface area contributed by atoms with Crippen molar-refractivity contribution in [3.05, 3.63) is 72.4 Å². The van der Waals surface area contributed by atoms with E-state index in [4.69, 9.17) is 4.98 Å². The summed E-state index contributed by atoms with van der Waals surface area (Å²) < 4.78 is 2.30. The Balaban J connectivity index is 1.86. The maximum Gasteiger partial charge on any atom is 0.0956 e. The first-order chi connectivity index (χ1) is 11.8. The van der Waals surface area contributed by atoms with Gasteiger partial charge in [-0.15, -0.1) is 0 Å². The number of hydrogen-bond donors (Lipinski definition) is 0. The second kappa shape index (κ2) is 8.15. The van der Waals surface area contributed by atoms with Gasteiger partial charge in [0.15, 0.2) is 0 Å². The molecule has 0 spiro atoms. The molecule has 0 bridgehead atoms. The molecular weight excluding hydrogens is 314 g/mol. The minimum atomic E-state index is 0.567. The molecule has 4 heteroatoms.